The molecule has 2 aliphatic rings. The highest BCUT2D eigenvalue weighted by Crippen LogP contribution is 2.38. The molecule has 3 aromatic rings. The molecule has 1 N–H and O–H groups in total. The maximum absolute atomic E-state index is 12.9. The smallest absolute Gasteiger partial charge is 0.283 e. The maximum Gasteiger partial charge on any atom is 0.283 e. The van der Waals surface area contributed by atoms with Crippen LogP contribution in [-0.2, 0) is 4.79 Å². The van der Waals surface area contributed by atoms with Crippen LogP contribution in [0.25, 0.3) is 6.08 Å². The highest BCUT2D eigenvalue weighted by atomic mass is 35.5. The van der Waals surface area contributed by atoms with Crippen LogP contribution in [0.2, 0.25) is 5.02 Å². The molecule has 0 bridgehead atoms. The molecule has 2 heterocycles. The molecular formula is C30H27ClN4O6S. The zero-order chi connectivity index (χ0) is 29.5. The van der Waals surface area contributed by atoms with Crippen LogP contribution in [-0.4, -0.2) is 60.5 Å². The number of carbonyl (C=O) groups excluding carboxylic acids is 1. The fourth-order valence-corrected chi connectivity index (χ4v) is 5.10. The summed E-state index contributed by atoms with van der Waals surface area (Å²) in [5.41, 5.74) is 0.599. The number of hydrazone groups is 1. The summed E-state index contributed by atoms with van der Waals surface area (Å²) in [7, 11) is 1.58. The number of rotatable bonds is 12. The Balaban J connectivity index is 1.28. The molecule has 0 atom stereocenters. The molecule has 5 rings (SSSR count). The van der Waals surface area contributed by atoms with Gasteiger partial charge in [-0.1, -0.05) is 41.9 Å². The summed E-state index contributed by atoms with van der Waals surface area (Å²) in [5.74, 6) is 2.00. The van der Waals surface area contributed by atoms with Crippen molar-refractivity contribution in [2.24, 2.45) is 10.1 Å². The van der Waals surface area contributed by atoms with Crippen molar-refractivity contribution in [3.63, 3.8) is 0 Å². The Morgan fingerprint density at radius 3 is 2.45 bits per heavy atom. The van der Waals surface area contributed by atoms with Gasteiger partial charge in [-0.05, 0) is 66.7 Å². The first-order valence-corrected chi connectivity index (χ1v) is 14.2. The number of nitrogens with one attached hydrogen (secondary N) is 1. The fraction of sp³-hybridized carbons (Fsp3) is 0.200. The van der Waals surface area contributed by atoms with Crippen molar-refractivity contribution in [3.05, 3.63) is 82.9 Å². The van der Waals surface area contributed by atoms with Crippen LogP contribution in [0.3, 0.4) is 0 Å². The first kappa shape index (κ1) is 29.0. The van der Waals surface area contributed by atoms with Gasteiger partial charge in [-0.25, -0.2) is 0 Å². The van der Waals surface area contributed by atoms with Crippen molar-refractivity contribution in [1.82, 2.24) is 5.01 Å². The van der Waals surface area contributed by atoms with E-state index in [2.05, 4.69) is 10.1 Å². The lowest BCUT2D eigenvalue weighted by atomic mass is 10.1. The number of ether oxygens (including phenoxy) is 5. The van der Waals surface area contributed by atoms with Gasteiger partial charge in [-0.2, -0.15) is 15.1 Å². The monoisotopic (exact) mass is 606 g/mol. The van der Waals surface area contributed by atoms with Crippen LogP contribution in [0.1, 0.15) is 12.5 Å². The van der Waals surface area contributed by atoms with Crippen LogP contribution in [0.15, 0.2) is 82.4 Å². The molecule has 3 aromatic carbocycles. The topological polar surface area (TPSA) is 115 Å². The van der Waals surface area contributed by atoms with Crippen molar-refractivity contribution in [2.75, 3.05) is 33.5 Å². The van der Waals surface area contributed by atoms with Gasteiger partial charge in [0.25, 0.3) is 5.91 Å². The summed E-state index contributed by atoms with van der Waals surface area (Å²) in [6, 6.07) is 20.0. The Labute approximate surface area is 252 Å². The van der Waals surface area contributed by atoms with E-state index < -0.39 is 5.91 Å². The van der Waals surface area contributed by atoms with Crippen molar-refractivity contribution in [1.29, 1.82) is 5.41 Å². The second-order valence-electron chi connectivity index (χ2n) is 8.73. The van der Waals surface area contributed by atoms with E-state index in [0.717, 1.165) is 0 Å². The van der Waals surface area contributed by atoms with E-state index in [-0.39, 0.29) is 36.3 Å². The van der Waals surface area contributed by atoms with Gasteiger partial charge >= 0.3 is 0 Å². The second-order valence-corrected chi connectivity index (χ2v) is 10.2. The van der Waals surface area contributed by atoms with Gasteiger partial charge in [-0.3, -0.25) is 10.2 Å². The molecule has 10 nitrogen and oxygen atoms in total. The zero-order valence-electron chi connectivity index (χ0n) is 22.8. The van der Waals surface area contributed by atoms with Crippen LogP contribution in [0.5, 0.6) is 28.7 Å². The summed E-state index contributed by atoms with van der Waals surface area (Å²) in [4.78, 5) is 17.0. The van der Waals surface area contributed by atoms with E-state index in [0.29, 0.717) is 51.1 Å². The zero-order valence-corrected chi connectivity index (χ0v) is 24.4. The minimum absolute atomic E-state index is 0.0609. The molecule has 0 aromatic heterocycles. The SMILES string of the molecule is CCOc1cc(/C=C2/C(=N)N3N=C(COc4ccccc4)SC3=NC2=O)cc(Cl)c1OCCOc1ccccc1OC. The molecule has 0 saturated carbocycles. The largest absolute Gasteiger partial charge is 0.493 e. The number of hydrogen-bond acceptors (Lipinski definition) is 9. The van der Waals surface area contributed by atoms with Crippen LogP contribution in [0.4, 0.5) is 0 Å². The molecule has 0 aliphatic carbocycles. The van der Waals surface area contributed by atoms with Crippen LogP contribution in [0, 0.1) is 5.41 Å². The molecule has 2 aliphatic heterocycles. The van der Waals surface area contributed by atoms with Crippen LogP contribution < -0.4 is 23.7 Å². The third kappa shape index (κ3) is 6.69. The van der Waals surface area contributed by atoms with Gasteiger partial charge < -0.3 is 23.7 Å². The van der Waals surface area contributed by atoms with Gasteiger partial charge in [0.1, 0.15) is 30.6 Å². The van der Waals surface area contributed by atoms with Crippen LogP contribution >= 0.6 is 23.4 Å². The van der Waals surface area contributed by atoms with Crippen molar-refractivity contribution >= 4 is 51.4 Å². The van der Waals surface area contributed by atoms with E-state index in [9.17, 15) is 4.79 Å². The number of thioether (sulfide) groups is 1. The van der Waals surface area contributed by atoms with E-state index in [1.807, 2.05) is 61.5 Å². The Morgan fingerprint density at radius 1 is 0.952 bits per heavy atom. The normalized spacial score (nSPS) is 15.2. The van der Waals surface area contributed by atoms with Crippen molar-refractivity contribution in [2.45, 2.75) is 6.92 Å². The van der Waals surface area contributed by atoms with E-state index in [1.54, 1.807) is 19.2 Å². The number of nitrogens with zero attached hydrogens (tertiary/aromatic N) is 3. The first-order valence-electron chi connectivity index (χ1n) is 13.0. The third-order valence-corrected chi connectivity index (χ3v) is 7.06. The Morgan fingerprint density at radius 2 is 1.69 bits per heavy atom. The Kier molecular flexibility index (Phi) is 9.30. The molecule has 0 radical (unpaired) electrons. The number of halogens is 1. The molecule has 1 amide bonds. The van der Waals surface area contributed by atoms with E-state index in [4.69, 9.17) is 40.7 Å². The Bertz CT molecular complexity index is 1580. The quantitative estimate of drug-likeness (QED) is 0.200. The maximum atomic E-state index is 12.9. The number of methoxy groups -OCH3 is 1. The molecule has 12 heteroatoms. The second kappa shape index (κ2) is 13.5. The number of amidine groups is 2. The average molecular weight is 607 g/mol. The molecule has 0 unspecified atom stereocenters. The third-order valence-electron chi connectivity index (χ3n) is 5.90. The summed E-state index contributed by atoms with van der Waals surface area (Å²) in [5, 5.41) is 15.6. The fourth-order valence-electron chi connectivity index (χ4n) is 4.03. The van der Waals surface area contributed by atoms with Gasteiger partial charge in [0.2, 0.25) is 5.17 Å². The van der Waals surface area contributed by atoms with E-state index >= 15 is 0 Å². The number of aliphatic imine (C=N–C) groups is 1. The highest BCUT2D eigenvalue weighted by Gasteiger charge is 2.36. The highest BCUT2D eigenvalue weighted by molar-refractivity contribution is 8.27. The average Bonchev–Trinajstić information content (AvgIpc) is 3.41. The minimum Gasteiger partial charge on any atom is -0.493 e. The van der Waals surface area contributed by atoms with Gasteiger partial charge in [-0.15, -0.1) is 0 Å². The van der Waals surface area contributed by atoms with Gasteiger partial charge in [0.05, 0.1) is 24.3 Å². The van der Waals surface area contributed by atoms with Gasteiger partial charge in [0.15, 0.2) is 28.8 Å². The molecule has 0 fully saturated rings. The summed E-state index contributed by atoms with van der Waals surface area (Å²) < 4.78 is 28.5. The van der Waals surface area contributed by atoms with Crippen molar-refractivity contribution in [3.8, 4) is 28.7 Å². The predicted molar refractivity (Wildman–Crippen MR) is 164 cm³/mol. The molecular weight excluding hydrogens is 580 g/mol. The molecule has 0 spiro atoms. The first-order chi connectivity index (χ1) is 20.5. The summed E-state index contributed by atoms with van der Waals surface area (Å²) in [6.45, 7) is 2.82. The number of para-hydroxylation sites is 3. The lowest BCUT2D eigenvalue weighted by molar-refractivity contribution is -0.114. The van der Waals surface area contributed by atoms with E-state index in [1.165, 1.54) is 22.8 Å². The van der Waals surface area contributed by atoms with Crippen molar-refractivity contribution < 1.29 is 28.5 Å². The molecule has 216 valence electrons. The number of fused-ring (bicyclic) bond motifs is 1. The predicted octanol–water partition coefficient (Wildman–Crippen LogP) is 5.90. The summed E-state index contributed by atoms with van der Waals surface area (Å²) >= 11 is 7.78. The number of amides is 1. The standard InChI is InChI=1S/C30H27ClN4O6S/c1-3-38-25-17-19(16-22(31)27(25)40-14-13-39-24-12-8-7-11-23(24)37-2)15-21-28(32)35-30(33-29(21)36)42-26(34-35)18-41-20-9-5-4-6-10-20/h4-12,15-17,32H,3,13-14,18H2,1-2H3/b21-15-,32-28?. The number of carbonyl (C=O) groups is 1. The lowest BCUT2D eigenvalue weighted by Crippen LogP contribution is -2.35. The molecule has 42 heavy (non-hydrogen) atoms. The molecule has 0 saturated heterocycles. The number of hydrogen-bond donors (Lipinski definition) is 1. The number of benzene rings is 3. The Hall–Kier alpha value is -4.48. The van der Waals surface area contributed by atoms with Gasteiger partial charge in [0, 0.05) is 0 Å². The summed E-state index contributed by atoms with van der Waals surface area (Å²) in [6.07, 6.45) is 1.53. The minimum atomic E-state index is -0.554. The lowest BCUT2D eigenvalue weighted by Gasteiger charge is -2.20.